The minimum Gasteiger partial charge on any atom is 0 e. The van der Waals surface area contributed by atoms with Crippen LogP contribution in [0.3, 0.4) is 0 Å². The Morgan fingerprint density at radius 2 is 1.00 bits per heavy atom. The zero-order valence-electron chi connectivity index (χ0n) is 2.19. The van der Waals surface area contributed by atoms with Crippen LogP contribution < -0.4 is 0 Å². The van der Waals surface area contributed by atoms with E-state index in [1.165, 1.54) is 0 Å². The zero-order chi connectivity index (χ0) is 0. The van der Waals surface area contributed by atoms with Crippen LogP contribution in [0.15, 0.2) is 0 Å². The fourth-order valence-corrected chi connectivity index (χ4v) is 0. The molecule has 0 rings (SSSR count). The average molecular weight is 201 g/mol. The summed E-state index contributed by atoms with van der Waals surface area (Å²) in [6.45, 7) is 0. The second kappa shape index (κ2) is 16.2. The smallest absolute Gasteiger partial charge is 0 e. The summed E-state index contributed by atoms with van der Waals surface area (Å²) in [5.74, 6) is 0. The Hall–Kier alpha value is 3.36. The second-order valence-corrected chi connectivity index (χ2v) is 0. The SMILES string of the molecule is [K].[Mn].[Ni].[Ti]. The van der Waals surface area contributed by atoms with Crippen molar-refractivity contribution in [3.8, 4) is 0 Å². The van der Waals surface area contributed by atoms with Crippen molar-refractivity contribution < 1.29 is 55.3 Å². The first-order chi connectivity index (χ1) is 0. The van der Waals surface area contributed by atoms with E-state index in [1.54, 1.807) is 0 Å². The average Bonchev–Trinajstić information content (AvgIpc) is 0. The second-order valence-electron chi connectivity index (χ2n) is 0. The van der Waals surface area contributed by atoms with Crippen molar-refractivity contribution in [1.82, 2.24) is 0 Å². The van der Waals surface area contributed by atoms with Crippen LogP contribution in [0.1, 0.15) is 0 Å². The van der Waals surface area contributed by atoms with Gasteiger partial charge < -0.3 is 0 Å². The van der Waals surface area contributed by atoms with E-state index < -0.39 is 0 Å². The predicted molar refractivity (Wildman–Crippen MR) is 5.75 cm³/mol. The molecule has 0 aliphatic rings. The van der Waals surface area contributed by atoms with Gasteiger partial charge in [-0.15, -0.1) is 0 Å². The van der Waals surface area contributed by atoms with Crippen LogP contribution in [0.25, 0.3) is 0 Å². The van der Waals surface area contributed by atoms with Gasteiger partial charge in [-0.25, -0.2) is 0 Å². The predicted octanol–water partition coefficient (Wildman–Crippen LogP) is -0.388. The summed E-state index contributed by atoms with van der Waals surface area (Å²) >= 11 is 0. The van der Waals surface area contributed by atoms with E-state index in [2.05, 4.69) is 0 Å². The van der Waals surface area contributed by atoms with Gasteiger partial charge in [0.1, 0.15) is 0 Å². The van der Waals surface area contributed by atoms with E-state index in [4.69, 9.17) is 0 Å². The van der Waals surface area contributed by atoms with Gasteiger partial charge in [0.2, 0.25) is 0 Å². The molecule has 0 spiro atoms. The molecule has 4 heteroatoms. The third-order valence-electron chi connectivity index (χ3n) is 0. The van der Waals surface area contributed by atoms with E-state index >= 15 is 0 Å². The Morgan fingerprint density at radius 3 is 1.00 bits per heavy atom. The molecule has 0 saturated carbocycles. The molecule has 0 aromatic carbocycles. The summed E-state index contributed by atoms with van der Waals surface area (Å²) < 4.78 is 0. The molecule has 0 nitrogen and oxygen atoms in total. The van der Waals surface area contributed by atoms with Crippen LogP contribution in [0.2, 0.25) is 0 Å². The third kappa shape index (κ3) is 9.03. The fourth-order valence-electron chi connectivity index (χ4n) is 0. The van der Waals surface area contributed by atoms with Gasteiger partial charge in [0, 0.05) is 107 Å². The number of hydrogen-bond donors (Lipinski definition) is 0. The van der Waals surface area contributed by atoms with Crippen LogP contribution in [-0.2, 0) is 55.3 Å². The van der Waals surface area contributed by atoms with E-state index in [0.29, 0.717) is 0 Å². The molecule has 0 fully saturated rings. The van der Waals surface area contributed by atoms with Crippen LogP contribution in [-0.4, -0.2) is 51.4 Å². The monoisotopic (exact) mass is 200 g/mol. The Kier molecular flexibility index (Phi) is 107. The molecule has 2 radical (unpaired) electrons. The van der Waals surface area contributed by atoms with Crippen molar-refractivity contribution in [2.45, 2.75) is 0 Å². The number of rotatable bonds is 0. The summed E-state index contributed by atoms with van der Waals surface area (Å²) in [5.41, 5.74) is 0. The van der Waals surface area contributed by atoms with Gasteiger partial charge >= 0.3 is 0 Å². The molecule has 0 aliphatic heterocycles. The summed E-state index contributed by atoms with van der Waals surface area (Å²) in [6, 6.07) is 0. The minimum absolute atomic E-state index is 0. The molecule has 0 heterocycles. The molecule has 0 N–H and O–H groups in total. The van der Waals surface area contributed by atoms with Gasteiger partial charge in [-0.05, 0) is 0 Å². The normalized spacial score (nSPS) is 0. The maximum atomic E-state index is 0. The van der Waals surface area contributed by atoms with Gasteiger partial charge in [0.25, 0.3) is 0 Å². The minimum atomic E-state index is 0. The van der Waals surface area contributed by atoms with Crippen LogP contribution in [0, 0.1) is 0 Å². The first-order valence-electron chi connectivity index (χ1n) is 0. The van der Waals surface area contributed by atoms with Crippen molar-refractivity contribution in [3.05, 3.63) is 0 Å². The molecule has 0 atom stereocenters. The van der Waals surface area contributed by atoms with E-state index in [-0.39, 0.29) is 107 Å². The number of hydrogen-bond acceptors (Lipinski definition) is 0. The Balaban J connectivity index is 0. The fraction of sp³-hybridized carbons (Fsp3) is 0. The summed E-state index contributed by atoms with van der Waals surface area (Å²) in [6.07, 6.45) is 0. The first-order valence-corrected chi connectivity index (χ1v) is 0. The topological polar surface area (TPSA) is 0 Å². The van der Waals surface area contributed by atoms with Crippen molar-refractivity contribution in [2.75, 3.05) is 0 Å². The zero-order valence-corrected chi connectivity index (χ0v) is 9.05. The Bertz CT molecular complexity index is 8.00. The molecule has 0 aromatic heterocycles. The van der Waals surface area contributed by atoms with Crippen LogP contribution in [0.5, 0.6) is 0 Å². The molecule has 4 heavy (non-hydrogen) atoms. The third-order valence-corrected chi connectivity index (χ3v) is 0. The van der Waals surface area contributed by atoms with Gasteiger partial charge in [0.15, 0.2) is 0 Å². The quantitative estimate of drug-likeness (QED) is 0.468. The van der Waals surface area contributed by atoms with Crippen molar-refractivity contribution in [2.24, 2.45) is 0 Å². The maximum absolute atomic E-state index is 0. The summed E-state index contributed by atoms with van der Waals surface area (Å²) in [7, 11) is 0. The van der Waals surface area contributed by atoms with Gasteiger partial charge in [0.05, 0.1) is 0 Å². The van der Waals surface area contributed by atoms with E-state index in [9.17, 15) is 0 Å². The first kappa shape index (κ1) is 26.4. The maximum Gasteiger partial charge on any atom is 0 e. The summed E-state index contributed by atoms with van der Waals surface area (Å²) in [5, 5.41) is 0. The molecule has 22 valence electrons. The van der Waals surface area contributed by atoms with Crippen molar-refractivity contribution >= 4 is 51.4 Å². The molecule has 0 unspecified atom stereocenters. The van der Waals surface area contributed by atoms with Gasteiger partial charge in [-0.3, -0.25) is 0 Å². The Labute approximate surface area is 104 Å². The molecular weight excluding hydrogens is 201 g/mol. The molecule has 0 amide bonds. The summed E-state index contributed by atoms with van der Waals surface area (Å²) in [4.78, 5) is 0. The van der Waals surface area contributed by atoms with Crippen LogP contribution >= 0.6 is 0 Å². The van der Waals surface area contributed by atoms with Crippen LogP contribution in [0.4, 0.5) is 0 Å². The molecule has 0 saturated heterocycles. The molecule has 0 bridgehead atoms. The molecule has 0 aromatic rings. The molecule has 0 aliphatic carbocycles. The van der Waals surface area contributed by atoms with Gasteiger partial charge in [-0.2, -0.15) is 0 Å². The molecular formula is KMnNiTi. The van der Waals surface area contributed by atoms with Gasteiger partial charge in [-0.1, -0.05) is 0 Å². The standard InChI is InChI=1S/K.Mn.Ni.Ti. The van der Waals surface area contributed by atoms with E-state index in [1.807, 2.05) is 0 Å². The van der Waals surface area contributed by atoms with Crippen molar-refractivity contribution in [3.63, 3.8) is 0 Å². The van der Waals surface area contributed by atoms with Crippen molar-refractivity contribution in [1.29, 1.82) is 0 Å². The Morgan fingerprint density at radius 1 is 1.00 bits per heavy atom. The van der Waals surface area contributed by atoms with E-state index in [0.717, 1.165) is 0 Å². The largest absolute Gasteiger partial charge is 0 e.